The summed E-state index contributed by atoms with van der Waals surface area (Å²) >= 11 is 0. The maximum Gasteiger partial charge on any atom is 0.145 e. The molecule has 2 bridgehead atoms. The van der Waals surface area contributed by atoms with E-state index in [0.717, 1.165) is 32.2 Å². The van der Waals surface area contributed by atoms with Crippen molar-refractivity contribution in [2.75, 3.05) is 6.54 Å². The van der Waals surface area contributed by atoms with E-state index in [4.69, 9.17) is 0 Å². The van der Waals surface area contributed by atoms with Crippen molar-refractivity contribution in [3.05, 3.63) is 34.4 Å². The van der Waals surface area contributed by atoms with Crippen LogP contribution < -0.4 is 0 Å². The maximum absolute atomic E-state index is 13.2. The van der Waals surface area contributed by atoms with Gasteiger partial charge in [-0.2, -0.15) is 0 Å². The minimum Gasteiger partial charge on any atom is -0.393 e. The topological polar surface area (TPSA) is 60.8 Å². The van der Waals surface area contributed by atoms with Crippen molar-refractivity contribution in [1.82, 2.24) is 4.90 Å². The van der Waals surface area contributed by atoms with Crippen LogP contribution in [0.15, 0.2) is 12.1 Å². The molecular weight excluding hydrogens is 386 g/mol. The number of piperidine rings is 1. The SMILES string of the molecule is C[C@@H]1c2ccc3c(c2[C@@]2(O)C[C@H]4CC[C@H]1N2C4)C[C@@H]1[C@H]3CC(=O)[C@@H]2C[C@@H](O)CC[C@]12C. The van der Waals surface area contributed by atoms with E-state index in [-0.39, 0.29) is 23.4 Å². The zero-order valence-electron chi connectivity index (χ0n) is 18.8. The molecule has 1 aromatic carbocycles. The van der Waals surface area contributed by atoms with Gasteiger partial charge in [0.2, 0.25) is 0 Å². The van der Waals surface area contributed by atoms with Crippen molar-refractivity contribution >= 4 is 5.78 Å². The van der Waals surface area contributed by atoms with Gasteiger partial charge in [-0.3, -0.25) is 9.69 Å². The molecule has 2 saturated carbocycles. The molecule has 0 amide bonds. The zero-order valence-corrected chi connectivity index (χ0v) is 18.8. The lowest BCUT2D eigenvalue weighted by Gasteiger charge is -2.52. The van der Waals surface area contributed by atoms with Crippen molar-refractivity contribution in [2.24, 2.45) is 23.2 Å². The van der Waals surface area contributed by atoms with Crippen LogP contribution in [0.4, 0.5) is 0 Å². The molecule has 7 rings (SSSR count). The van der Waals surface area contributed by atoms with Gasteiger partial charge in [-0.15, -0.1) is 0 Å². The minimum absolute atomic E-state index is 0.00322. The van der Waals surface area contributed by atoms with Crippen LogP contribution in [-0.2, 0) is 16.9 Å². The van der Waals surface area contributed by atoms with Crippen LogP contribution in [0.2, 0.25) is 0 Å². The smallest absolute Gasteiger partial charge is 0.145 e. The first-order valence-electron chi connectivity index (χ1n) is 12.7. The molecule has 0 spiro atoms. The second-order valence-corrected chi connectivity index (χ2v) is 12.1. The number of carbonyl (C=O) groups is 1. The third kappa shape index (κ3) is 2.25. The molecule has 6 aliphatic rings. The monoisotopic (exact) mass is 421 g/mol. The molecule has 3 aliphatic heterocycles. The number of carbonyl (C=O) groups excluding carboxylic acids is 1. The molecule has 3 heterocycles. The highest BCUT2D eigenvalue weighted by Crippen LogP contribution is 2.63. The highest BCUT2D eigenvalue weighted by Gasteiger charge is 2.61. The first-order valence-corrected chi connectivity index (χ1v) is 12.7. The van der Waals surface area contributed by atoms with Crippen LogP contribution in [0.25, 0.3) is 0 Å². The lowest BCUT2D eigenvalue weighted by Crippen LogP contribution is -2.54. The summed E-state index contributed by atoms with van der Waals surface area (Å²) in [4.78, 5) is 15.7. The maximum atomic E-state index is 13.2. The van der Waals surface area contributed by atoms with Gasteiger partial charge in [0.05, 0.1) is 6.10 Å². The Labute approximate surface area is 185 Å². The van der Waals surface area contributed by atoms with Gasteiger partial charge < -0.3 is 10.2 Å². The molecule has 4 nitrogen and oxygen atoms in total. The largest absolute Gasteiger partial charge is 0.393 e. The van der Waals surface area contributed by atoms with E-state index >= 15 is 0 Å². The summed E-state index contributed by atoms with van der Waals surface area (Å²) < 4.78 is 0. The number of aliphatic hydroxyl groups is 2. The number of ketones is 1. The molecular formula is C27H35NO3. The summed E-state index contributed by atoms with van der Waals surface area (Å²) in [6.07, 6.45) is 7.02. The molecule has 3 aliphatic carbocycles. The summed E-state index contributed by atoms with van der Waals surface area (Å²) in [7, 11) is 0. The summed E-state index contributed by atoms with van der Waals surface area (Å²) in [5.74, 6) is 2.18. The average molecular weight is 422 g/mol. The lowest BCUT2D eigenvalue weighted by atomic mass is 9.52. The summed E-state index contributed by atoms with van der Waals surface area (Å²) in [6.45, 7) is 5.73. The van der Waals surface area contributed by atoms with E-state index in [1.807, 2.05) is 0 Å². The first kappa shape index (κ1) is 19.3. The van der Waals surface area contributed by atoms with E-state index in [0.29, 0.717) is 42.4 Å². The van der Waals surface area contributed by atoms with Gasteiger partial charge in [-0.05, 0) is 90.7 Å². The Bertz CT molecular complexity index is 989. The first-order chi connectivity index (χ1) is 14.8. The van der Waals surface area contributed by atoms with Crippen LogP contribution in [0.1, 0.15) is 92.9 Å². The number of rotatable bonds is 0. The normalized spacial score (nSPS) is 49.9. The number of benzene rings is 1. The molecule has 166 valence electrons. The third-order valence-corrected chi connectivity index (χ3v) is 10.9. The van der Waals surface area contributed by atoms with E-state index < -0.39 is 5.72 Å². The highest BCUT2D eigenvalue weighted by molar-refractivity contribution is 5.84. The standard InChI is InChI=1S/C27H35NO3/c1-14-17-4-5-18-19-11-24(30)22-9-16(29)7-8-26(22,2)21(19)10-20(18)25(17)27(31)12-15-3-6-23(14)28(27)13-15/h4-5,14-16,19,21-23,29,31H,3,6-13H2,1-2H3/t14-,15-,16+,19+,21-,22+,23-,26-,27+/m1/s1. The Morgan fingerprint density at radius 3 is 2.77 bits per heavy atom. The Hall–Kier alpha value is -1.23. The van der Waals surface area contributed by atoms with Crippen molar-refractivity contribution in [1.29, 1.82) is 0 Å². The van der Waals surface area contributed by atoms with Crippen LogP contribution in [0.5, 0.6) is 0 Å². The van der Waals surface area contributed by atoms with Gasteiger partial charge >= 0.3 is 0 Å². The predicted octanol–water partition coefficient (Wildman–Crippen LogP) is 3.83. The molecule has 0 radical (unpaired) electrons. The quantitative estimate of drug-likeness (QED) is 0.668. The van der Waals surface area contributed by atoms with Crippen LogP contribution >= 0.6 is 0 Å². The number of hydrogen-bond donors (Lipinski definition) is 2. The third-order valence-electron chi connectivity index (χ3n) is 10.9. The molecule has 31 heavy (non-hydrogen) atoms. The molecule has 4 fully saturated rings. The second kappa shape index (κ2) is 6.01. The Balaban J connectivity index is 1.38. The van der Waals surface area contributed by atoms with Crippen LogP contribution in [0, 0.1) is 23.2 Å². The molecule has 2 saturated heterocycles. The van der Waals surface area contributed by atoms with Gasteiger partial charge in [-0.25, -0.2) is 0 Å². The molecule has 1 aromatic rings. The molecule has 0 unspecified atom stereocenters. The van der Waals surface area contributed by atoms with Crippen LogP contribution in [0.3, 0.4) is 0 Å². The Morgan fingerprint density at radius 1 is 1.13 bits per heavy atom. The van der Waals surface area contributed by atoms with E-state index in [1.165, 1.54) is 35.1 Å². The lowest BCUT2D eigenvalue weighted by molar-refractivity contribution is -0.141. The number of nitrogens with zero attached hydrogens (tertiary/aromatic N) is 1. The fourth-order valence-corrected chi connectivity index (χ4v) is 9.39. The van der Waals surface area contributed by atoms with Gasteiger partial charge in [0.1, 0.15) is 11.5 Å². The molecule has 2 N–H and O–H groups in total. The minimum atomic E-state index is -0.806. The zero-order chi connectivity index (χ0) is 21.3. The second-order valence-electron chi connectivity index (χ2n) is 12.1. The Morgan fingerprint density at radius 2 is 1.94 bits per heavy atom. The number of aliphatic hydroxyl groups excluding tert-OH is 1. The van der Waals surface area contributed by atoms with Gasteiger partial charge in [0, 0.05) is 30.5 Å². The Kier molecular flexibility index (Phi) is 3.73. The summed E-state index contributed by atoms with van der Waals surface area (Å²) in [5.41, 5.74) is 4.51. The molecule has 0 aromatic heterocycles. The fourth-order valence-electron chi connectivity index (χ4n) is 9.39. The highest BCUT2D eigenvalue weighted by atomic mass is 16.3. The predicted molar refractivity (Wildman–Crippen MR) is 118 cm³/mol. The molecule has 9 atom stereocenters. The summed E-state index contributed by atoms with van der Waals surface area (Å²) in [6, 6.07) is 5.09. The van der Waals surface area contributed by atoms with E-state index in [2.05, 4.69) is 30.9 Å². The van der Waals surface area contributed by atoms with Crippen LogP contribution in [-0.4, -0.2) is 39.6 Å². The summed E-state index contributed by atoms with van der Waals surface area (Å²) in [5, 5.41) is 22.5. The molecule has 4 heteroatoms. The van der Waals surface area contributed by atoms with Crippen molar-refractivity contribution in [3.8, 4) is 0 Å². The van der Waals surface area contributed by atoms with Gasteiger partial charge in [-0.1, -0.05) is 26.0 Å². The van der Waals surface area contributed by atoms with E-state index in [9.17, 15) is 15.0 Å². The fraction of sp³-hybridized carbons (Fsp3) is 0.741. The van der Waals surface area contributed by atoms with Crippen molar-refractivity contribution < 1.29 is 15.0 Å². The number of fused-ring (bicyclic) bond motifs is 9. The number of Topliss-reactive ketones (excluding diaryl/α,β-unsaturated/α-hetero) is 1. The van der Waals surface area contributed by atoms with Crippen molar-refractivity contribution in [2.45, 2.75) is 94.9 Å². The van der Waals surface area contributed by atoms with Crippen molar-refractivity contribution in [3.63, 3.8) is 0 Å². The van der Waals surface area contributed by atoms with E-state index in [1.54, 1.807) is 0 Å². The number of hydrogen-bond acceptors (Lipinski definition) is 4. The van der Waals surface area contributed by atoms with Gasteiger partial charge in [0.25, 0.3) is 0 Å². The van der Waals surface area contributed by atoms with Gasteiger partial charge in [0.15, 0.2) is 0 Å². The average Bonchev–Trinajstić information content (AvgIpc) is 3.25.